The summed E-state index contributed by atoms with van der Waals surface area (Å²) in [5, 5.41) is 10.8. The van der Waals surface area contributed by atoms with E-state index in [4.69, 9.17) is 14.5 Å². The second-order valence-corrected chi connectivity index (χ2v) is 9.45. The summed E-state index contributed by atoms with van der Waals surface area (Å²) in [5.41, 5.74) is 4.64. The summed E-state index contributed by atoms with van der Waals surface area (Å²) in [5.74, 6) is -0.128. The quantitative estimate of drug-likeness (QED) is 0.430. The number of fused-ring (bicyclic) bond motifs is 1. The molecule has 4 rings (SSSR count). The molecule has 1 unspecified atom stereocenters. The molecule has 0 bridgehead atoms. The molecule has 2 aromatic carbocycles. The van der Waals surface area contributed by atoms with Gasteiger partial charge in [-0.1, -0.05) is 51.1 Å². The van der Waals surface area contributed by atoms with Crippen molar-refractivity contribution in [3.63, 3.8) is 0 Å². The number of benzene rings is 2. The number of carboxylic acids is 1. The number of rotatable bonds is 8. The summed E-state index contributed by atoms with van der Waals surface area (Å²) < 4.78 is 11.6. The van der Waals surface area contributed by atoms with Crippen LogP contribution >= 0.6 is 0 Å². The number of hydrogen-bond donors (Lipinski definition) is 1. The zero-order valence-corrected chi connectivity index (χ0v) is 19.7. The lowest BCUT2D eigenvalue weighted by Gasteiger charge is -2.23. The van der Waals surface area contributed by atoms with Gasteiger partial charge in [0.1, 0.15) is 0 Å². The van der Waals surface area contributed by atoms with E-state index in [2.05, 4.69) is 20.8 Å². The summed E-state index contributed by atoms with van der Waals surface area (Å²) >= 11 is 0. The number of pyridine rings is 1. The molecule has 2 heterocycles. The lowest BCUT2D eigenvalue weighted by molar-refractivity contribution is -0.0389. The standard InChI is InChI=1S/C28H33NO4/c1-18(2)14-19(3)26-9-8-20-15-22(16-25(28(30)31)27(20)29-26)24-7-5-4-6-21(24)17-33-23-10-12-32-13-11-23/h4-9,15-16,18-19,23H,10-14,17H2,1-3H3,(H,30,31). The minimum atomic E-state index is -0.959. The Hall–Kier alpha value is -2.76. The highest BCUT2D eigenvalue weighted by Crippen LogP contribution is 2.32. The monoisotopic (exact) mass is 447 g/mol. The van der Waals surface area contributed by atoms with Crippen molar-refractivity contribution in [3.8, 4) is 11.1 Å². The van der Waals surface area contributed by atoms with E-state index in [0.717, 1.165) is 60.2 Å². The Bertz CT molecular complexity index is 1120. The van der Waals surface area contributed by atoms with Crippen molar-refractivity contribution < 1.29 is 19.4 Å². The van der Waals surface area contributed by atoms with Crippen LogP contribution in [0.25, 0.3) is 22.0 Å². The number of aromatic nitrogens is 1. The number of ether oxygens (including phenoxy) is 2. The third-order valence-electron chi connectivity index (χ3n) is 6.35. The summed E-state index contributed by atoms with van der Waals surface area (Å²) in [7, 11) is 0. The van der Waals surface area contributed by atoms with Crippen LogP contribution in [0.1, 0.15) is 67.6 Å². The molecule has 0 amide bonds. The first-order chi connectivity index (χ1) is 15.9. The fraction of sp³-hybridized carbons (Fsp3) is 0.429. The fourth-order valence-electron chi connectivity index (χ4n) is 4.65. The van der Waals surface area contributed by atoms with E-state index < -0.39 is 5.97 Å². The molecule has 1 aliphatic rings. The van der Waals surface area contributed by atoms with Gasteiger partial charge in [0.05, 0.1) is 23.8 Å². The highest BCUT2D eigenvalue weighted by atomic mass is 16.5. The first kappa shape index (κ1) is 23.4. The summed E-state index contributed by atoms with van der Waals surface area (Å²) in [4.78, 5) is 17.0. The number of carbonyl (C=O) groups is 1. The molecule has 0 aliphatic carbocycles. The molecule has 1 aliphatic heterocycles. The van der Waals surface area contributed by atoms with E-state index in [-0.39, 0.29) is 17.6 Å². The van der Waals surface area contributed by atoms with Crippen LogP contribution in [0.4, 0.5) is 0 Å². The topological polar surface area (TPSA) is 68.7 Å². The lowest BCUT2D eigenvalue weighted by atomic mass is 9.93. The normalized spacial score (nSPS) is 15.8. The average molecular weight is 448 g/mol. The maximum atomic E-state index is 12.2. The SMILES string of the molecule is CC(C)CC(C)c1ccc2cc(-c3ccccc3COC3CCOCC3)cc(C(=O)O)c2n1. The fourth-order valence-corrected chi connectivity index (χ4v) is 4.65. The maximum Gasteiger partial charge on any atom is 0.337 e. The first-order valence-corrected chi connectivity index (χ1v) is 11.9. The molecule has 0 saturated carbocycles. The van der Waals surface area contributed by atoms with Gasteiger partial charge >= 0.3 is 5.97 Å². The number of nitrogens with zero attached hydrogens (tertiary/aromatic N) is 1. The van der Waals surface area contributed by atoms with E-state index in [1.54, 1.807) is 6.07 Å². The van der Waals surface area contributed by atoms with Gasteiger partial charge in [-0.05, 0) is 66.0 Å². The Balaban J connectivity index is 1.69. The molecule has 0 spiro atoms. The zero-order valence-electron chi connectivity index (χ0n) is 19.7. The van der Waals surface area contributed by atoms with Crippen molar-refractivity contribution in [1.29, 1.82) is 0 Å². The van der Waals surface area contributed by atoms with Crippen LogP contribution < -0.4 is 0 Å². The van der Waals surface area contributed by atoms with Gasteiger partial charge in [0.2, 0.25) is 0 Å². The first-order valence-electron chi connectivity index (χ1n) is 11.9. The van der Waals surface area contributed by atoms with Gasteiger partial charge in [0.25, 0.3) is 0 Å². The van der Waals surface area contributed by atoms with Crippen molar-refractivity contribution in [1.82, 2.24) is 4.98 Å². The van der Waals surface area contributed by atoms with Crippen LogP contribution in [0.15, 0.2) is 48.5 Å². The van der Waals surface area contributed by atoms with Gasteiger partial charge in [-0.25, -0.2) is 4.79 Å². The Labute approximate surface area is 195 Å². The van der Waals surface area contributed by atoms with Gasteiger partial charge in [-0.3, -0.25) is 4.98 Å². The zero-order chi connectivity index (χ0) is 23.4. The molecule has 0 radical (unpaired) electrons. The van der Waals surface area contributed by atoms with Crippen LogP contribution in [0.3, 0.4) is 0 Å². The minimum Gasteiger partial charge on any atom is -0.478 e. The third-order valence-corrected chi connectivity index (χ3v) is 6.35. The van der Waals surface area contributed by atoms with E-state index in [1.807, 2.05) is 42.5 Å². The molecule has 1 aromatic heterocycles. The molecule has 1 saturated heterocycles. The summed E-state index contributed by atoms with van der Waals surface area (Å²) in [6.45, 7) is 8.50. The van der Waals surface area contributed by atoms with Crippen molar-refractivity contribution >= 4 is 16.9 Å². The van der Waals surface area contributed by atoms with Gasteiger partial charge in [0, 0.05) is 24.3 Å². The predicted octanol–water partition coefficient (Wildman–Crippen LogP) is 6.45. The molecule has 1 N–H and O–H groups in total. The van der Waals surface area contributed by atoms with Crippen LogP contribution in [-0.2, 0) is 16.1 Å². The number of carboxylic acid groups (broad SMARTS) is 1. The van der Waals surface area contributed by atoms with Gasteiger partial charge in [-0.2, -0.15) is 0 Å². The predicted molar refractivity (Wildman–Crippen MR) is 131 cm³/mol. The van der Waals surface area contributed by atoms with Crippen LogP contribution in [0.2, 0.25) is 0 Å². The Morgan fingerprint density at radius 2 is 1.88 bits per heavy atom. The largest absolute Gasteiger partial charge is 0.478 e. The summed E-state index contributed by atoms with van der Waals surface area (Å²) in [6.07, 6.45) is 3.03. The molecule has 5 heteroatoms. The number of aromatic carboxylic acids is 1. The number of hydrogen-bond acceptors (Lipinski definition) is 4. The molecule has 1 fully saturated rings. The van der Waals surface area contributed by atoms with Gasteiger partial charge in [0.15, 0.2) is 0 Å². The molecular weight excluding hydrogens is 414 g/mol. The third kappa shape index (κ3) is 5.60. The molecular formula is C28H33NO4. The molecule has 33 heavy (non-hydrogen) atoms. The molecule has 3 aromatic rings. The van der Waals surface area contributed by atoms with Crippen molar-refractivity contribution in [2.45, 2.75) is 58.7 Å². The average Bonchev–Trinajstić information content (AvgIpc) is 2.82. The van der Waals surface area contributed by atoms with Crippen LogP contribution in [0, 0.1) is 5.92 Å². The Morgan fingerprint density at radius 3 is 2.61 bits per heavy atom. The van der Waals surface area contributed by atoms with Gasteiger partial charge < -0.3 is 14.6 Å². The van der Waals surface area contributed by atoms with Crippen molar-refractivity contribution in [2.24, 2.45) is 5.92 Å². The van der Waals surface area contributed by atoms with E-state index in [1.165, 1.54) is 0 Å². The van der Waals surface area contributed by atoms with E-state index in [0.29, 0.717) is 18.0 Å². The highest BCUT2D eigenvalue weighted by molar-refractivity contribution is 6.04. The molecule has 5 nitrogen and oxygen atoms in total. The Morgan fingerprint density at radius 1 is 1.12 bits per heavy atom. The molecule has 1 atom stereocenters. The maximum absolute atomic E-state index is 12.2. The second-order valence-electron chi connectivity index (χ2n) is 9.45. The van der Waals surface area contributed by atoms with Gasteiger partial charge in [-0.15, -0.1) is 0 Å². The highest BCUT2D eigenvalue weighted by Gasteiger charge is 2.18. The second kappa shape index (κ2) is 10.4. The van der Waals surface area contributed by atoms with E-state index >= 15 is 0 Å². The summed E-state index contributed by atoms with van der Waals surface area (Å²) in [6, 6.07) is 15.9. The van der Waals surface area contributed by atoms with Crippen LogP contribution in [-0.4, -0.2) is 35.4 Å². The van der Waals surface area contributed by atoms with E-state index in [9.17, 15) is 9.90 Å². The lowest BCUT2D eigenvalue weighted by Crippen LogP contribution is -2.23. The van der Waals surface area contributed by atoms with Crippen molar-refractivity contribution in [3.05, 3.63) is 65.4 Å². The minimum absolute atomic E-state index is 0.202. The Kier molecular flexibility index (Phi) is 7.41. The smallest absolute Gasteiger partial charge is 0.337 e. The van der Waals surface area contributed by atoms with Crippen molar-refractivity contribution in [2.75, 3.05) is 13.2 Å². The molecule has 174 valence electrons. The van der Waals surface area contributed by atoms with Crippen LogP contribution in [0.5, 0.6) is 0 Å².